The van der Waals surface area contributed by atoms with Gasteiger partial charge < -0.3 is 11.1 Å². The number of aromatic nitrogens is 3. The van der Waals surface area contributed by atoms with Crippen molar-refractivity contribution in [3.8, 4) is 0 Å². The second kappa shape index (κ2) is 6.37. The minimum Gasteiger partial charge on any atom is -0.364 e. The van der Waals surface area contributed by atoms with Crippen molar-refractivity contribution in [2.75, 3.05) is 0 Å². The number of hydrogen-bond donors (Lipinski definition) is 2. The predicted molar refractivity (Wildman–Crippen MR) is 96.7 cm³/mol. The van der Waals surface area contributed by atoms with Crippen LogP contribution in [0.25, 0.3) is 5.65 Å². The summed E-state index contributed by atoms with van der Waals surface area (Å²) in [7, 11) is 0. The molecule has 2 heterocycles. The Labute approximate surface area is 152 Å². The van der Waals surface area contributed by atoms with Crippen LogP contribution in [-0.2, 0) is 11.2 Å². The molecule has 0 spiro atoms. The molecular formula is C19H25N5O2. The lowest BCUT2D eigenvalue weighted by Crippen LogP contribution is -2.38. The quantitative estimate of drug-likeness (QED) is 0.789. The van der Waals surface area contributed by atoms with E-state index in [1.165, 1.54) is 25.7 Å². The molecule has 0 radical (unpaired) electrons. The van der Waals surface area contributed by atoms with Crippen molar-refractivity contribution in [1.82, 2.24) is 19.7 Å². The number of rotatable bonds is 7. The highest BCUT2D eigenvalue weighted by molar-refractivity contribution is 5.96. The predicted octanol–water partition coefficient (Wildman–Crippen LogP) is 1.68. The fraction of sp³-hybridized carbons (Fsp3) is 0.579. The van der Waals surface area contributed by atoms with E-state index >= 15 is 0 Å². The Kier molecular flexibility index (Phi) is 4.17. The lowest BCUT2D eigenvalue weighted by Gasteiger charge is -2.18. The Balaban J connectivity index is 1.48. The van der Waals surface area contributed by atoms with Crippen LogP contribution in [0.2, 0.25) is 0 Å². The van der Waals surface area contributed by atoms with Gasteiger partial charge in [0.05, 0.1) is 0 Å². The van der Waals surface area contributed by atoms with Gasteiger partial charge in [-0.1, -0.05) is 0 Å². The van der Waals surface area contributed by atoms with Gasteiger partial charge in [-0.15, -0.1) is 0 Å². The Bertz CT molecular complexity index is 868. The van der Waals surface area contributed by atoms with Crippen LogP contribution in [0.5, 0.6) is 0 Å². The molecule has 2 aliphatic rings. The van der Waals surface area contributed by atoms with Crippen molar-refractivity contribution in [1.29, 1.82) is 0 Å². The topological polar surface area (TPSA) is 102 Å². The van der Waals surface area contributed by atoms with E-state index in [4.69, 9.17) is 5.73 Å². The zero-order valence-corrected chi connectivity index (χ0v) is 15.3. The van der Waals surface area contributed by atoms with Gasteiger partial charge >= 0.3 is 0 Å². The van der Waals surface area contributed by atoms with E-state index in [0.717, 1.165) is 17.0 Å². The molecule has 0 unspecified atom stereocenters. The highest BCUT2D eigenvalue weighted by Gasteiger charge is 2.42. The summed E-state index contributed by atoms with van der Waals surface area (Å²) in [6, 6.07) is 0.386. The SMILES string of the molecule is Cc1nc2c(C(N)=O)ncn2c(C)c1CCC(=O)NC(C1CC1)C1CC1. The number of hydrogen-bond acceptors (Lipinski definition) is 4. The van der Waals surface area contributed by atoms with Crippen LogP contribution in [0, 0.1) is 25.7 Å². The van der Waals surface area contributed by atoms with Crippen molar-refractivity contribution in [2.24, 2.45) is 17.6 Å². The van der Waals surface area contributed by atoms with E-state index in [-0.39, 0.29) is 11.6 Å². The number of primary amides is 1. The molecule has 2 saturated carbocycles. The largest absolute Gasteiger partial charge is 0.364 e. The normalized spacial score (nSPS) is 17.0. The number of imidazole rings is 1. The third-order valence-corrected chi connectivity index (χ3v) is 5.67. The van der Waals surface area contributed by atoms with Gasteiger partial charge in [-0.05, 0) is 63.4 Å². The molecule has 7 nitrogen and oxygen atoms in total. The fourth-order valence-electron chi connectivity index (χ4n) is 3.89. The zero-order chi connectivity index (χ0) is 18.4. The van der Waals surface area contributed by atoms with E-state index in [1.54, 1.807) is 10.7 Å². The zero-order valence-electron chi connectivity index (χ0n) is 15.3. The van der Waals surface area contributed by atoms with E-state index in [1.807, 2.05) is 13.8 Å². The molecule has 2 aromatic heterocycles. The van der Waals surface area contributed by atoms with Crippen LogP contribution in [0.1, 0.15) is 59.5 Å². The number of nitrogens with one attached hydrogen (secondary N) is 1. The second-order valence-electron chi connectivity index (χ2n) is 7.68. The molecular weight excluding hydrogens is 330 g/mol. The van der Waals surface area contributed by atoms with Crippen molar-refractivity contribution in [2.45, 2.75) is 58.4 Å². The molecule has 4 rings (SSSR count). The molecule has 2 fully saturated rings. The maximum Gasteiger partial charge on any atom is 0.271 e. The second-order valence-corrected chi connectivity index (χ2v) is 7.68. The fourth-order valence-corrected chi connectivity index (χ4v) is 3.89. The van der Waals surface area contributed by atoms with Crippen molar-refractivity contribution < 1.29 is 9.59 Å². The highest BCUT2D eigenvalue weighted by Crippen LogP contribution is 2.44. The number of fused-ring (bicyclic) bond motifs is 1. The van der Waals surface area contributed by atoms with Crippen molar-refractivity contribution in [3.63, 3.8) is 0 Å². The summed E-state index contributed by atoms with van der Waals surface area (Å²) in [6.45, 7) is 3.85. The number of carbonyl (C=O) groups excluding carboxylic acids is 2. The molecule has 2 aromatic rings. The van der Waals surface area contributed by atoms with Gasteiger partial charge in [-0.3, -0.25) is 14.0 Å². The number of nitrogens with two attached hydrogens (primary N) is 1. The first-order valence-electron chi connectivity index (χ1n) is 9.38. The van der Waals surface area contributed by atoms with Gasteiger partial charge in [0.15, 0.2) is 11.3 Å². The third-order valence-electron chi connectivity index (χ3n) is 5.67. The molecule has 0 aliphatic heterocycles. The average molecular weight is 355 g/mol. The molecule has 138 valence electrons. The Morgan fingerprint density at radius 2 is 1.92 bits per heavy atom. The number of nitrogens with zero attached hydrogens (tertiary/aromatic N) is 3. The van der Waals surface area contributed by atoms with Crippen LogP contribution in [-0.4, -0.2) is 32.2 Å². The molecule has 7 heteroatoms. The summed E-state index contributed by atoms with van der Waals surface area (Å²) in [5.41, 5.74) is 8.79. The van der Waals surface area contributed by atoms with Gasteiger partial charge in [-0.25, -0.2) is 9.97 Å². The molecule has 0 aromatic carbocycles. The van der Waals surface area contributed by atoms with Gasteiger partial charge in [0.2, 0.25) is 5.91 Å². The summed E-state index contributed by atoms with van der Waals surface area (Å²) in [5.74, 6) is 0.936. The third kappa shape index (κ3) is 3.18. The van der Waals surface area contributed by atoms with Crippen LogP contribution in [0.4, 0.5) is 0 Å². The Morgan fingerprint density at radius 3 is 2.50 bits per heavy atom. The first kappa shape index (κ1) is 17.0. The minimum absolute atomic E-state index is 0.121. The molecule has 0 bridgehead atoms. The highest BCUT2D eigenvalue weighted by atomic mass is 16.2. The van der Waals surface area contributed by atoms with Crippen LogP contribution in [0.3, 0.4) is 0 Å². The first-order valence-corrected chi connectivity index (χ1v) is 9.38. The smallest absolute Gasteiger partial charge is 0.271 e. The Morgan fingerprint density at radius 1 is 1.27 bits per heavy atom. The van der Waals surface area contributed by atoms with E-state index in [2.05, 4.69) is 15.3 Å². The minimum atomic E-state index is -0.586. The summed E-state index contributed by atoms with van der Waals surface area (Å²) in [5, 5.41) is 3.27. The maximum absolute atomic E-state index is 12.5. The standard InChI is InChI=1S/C19H25N5O2/c1-10-14(11(2)24-9-21-17(18(20)26)19(24)22-10)7-8-15(25)23-16(12-3-4-12)13-5-6-13/h9,12-13,16H,3-8H2,1-2H3,(H2,20,26)(H,23,25). The maximum atomic E-state index is 12.5. The van der Waals surface area contributed by atoms with Crippen molar-refractivity contribution in [3.05, 3.63) is 29.0 Å². The molecule has 3 N–H and O–H groups in total. The van der Waals surface area contributed by atoms with Crippen LogP contribution < -0.4 is 11.1 Å². The number of aryl methyl sites for hydroxylation is 2. The summed E-state index contributed by atoms with van der Waals surface area (Å²) >= 11 is 0. The molecule has 0 saturated heterocycles. The summed E-state index contributed by atoms with van der Waals surface area (Å²) in [4.78, 5) is 32.5. The van der Waals surface area contributed by atoms with E-state index in [0.29, 0.717) is 36.4 Å². The van der Waals surface area contributed by atoms with Crippen molar-refractivity contribution >= 4 is 17.5 Å². The van der Waals surface area contributed by atoms with Crippen LogP contribution in [0.15, 0.2) is 6.33 Å². The molecule has 2 amide bonds. The van der Waals surface area contributed by atoms with Gasteiger partial charge in [-0.2, -0.15) is 0 Å². The molecule has 26 heavy (non-hydrogen) atoms. The summed E-state index contributed by atoms with van der Waals surface area (Å²) < 4.78 is 1.78. The average Bonchev–Trinajstić information content (AvgIpc) is 3.49. The van der Waals surface area contributed by atoms with Gasteiger partial charge in [0.1, 0.15) is 6.33 Å². The van der Waals surface area contributed by atoms with Gasteiger partial charge in [0.25, 0.3) is 5.91 Å². The monoisotopic (exact) mass is 355 g/mol. The lowest BCUT2D eigenvalue weighted by atomic mass is 10.0. The van der Waals surface area contributed by atoms with E-state index in [9.17, 15) is 9.59 Å². The van der Waals surface area contributed by atoms with Gasteiger partial charge in [0, 0.05) is 23.9 Å². The Hall–Kier alpha value is -2.44. The molecule has 0 atom stereocenters. The van der Waals surface area contributed by atoms with E-state index < -0.39 is 5.91 Å². The van der Waals surface area contributed by atoms with Crippen LogP contribution >= 0.6 is 0 Å². The lowest BCUT2D eigenvalue weighted by molar-refractivity contribution is -0.122. The molecule has 2 aliphatic carbocycles. The first-order chi connectivity index (χ1) is 12.5. The summed E-state index contributed by atoms with van der Waals surface area (Å²) in [6.07, 6.45) is 7.65. The number of amides is 2. The number of carbonyl (C=O) groups is 2.